The normalized spacial score (nSPS) is 21.3. The van der Waals surface area contributed by atoms with Gasteiger partial charge in [-0.1, -0.05) is 0 Å². The van der Waals surface area contributed by atoms with Gasteiger partial charge >= 0.3 is 12.1 Å². The number of methoxy groups -OCH3 is 1. The van der Waals surface area contributed by atoms with Crippen molar-refractivity contribution in [2.45, 2.75) is 12.8 Å². The summed E-state index contributed by atoms with van der Waals surface area (Å²) in [6.45, 7) is 2.12. The van der Waals surface area contributed by atoms with E-state index in [0.717, 1.165) is 4.90 Å². The van der Waals surface area contributed by atoms with Crippen LogP contribution in [0, 0.1) is 5.92 Å². The molecule has 0 aromatic rings. The standard InChI is InChI=1S/C12H18N2O5/c1-18-11(16)9-2-4-13(5-3-9)8-10(15)14-6-7-19-12(14)17/h9H,2-8H2,1H3. The summed E-state index contributed by atoms with van der Waals surface area (Å²) in [6.07, 6.45) is 0.809. The molecule has 0 bridgehead atoms. The van der Waals surface area contributed by atoms with Crippen molar-refractivity contribution < 1.29 is 23.9 Å². The van der Waals surface area contributed by atoms with Gasteiger partial charge in [0.2, 0.25) is 5.91 Å². The number of likely N-dealkylation sites (tertiary alicyclic amines) is 1. The molecule has 7 nitrogen and oxygen atoms in total. The fourth-order valence-electron chi connectivity index (χ4n) is 2.39. The molecule has 2 fully saturated rings. The molecule has 2 aliphatic rings. The quantitative estimate of drug-likeness (QED) is 0.664. The minimum Gasteiger partial charge on any atom is -0.469 e. The number of amides is 2. The van der Waals surface area contributed by atoms with Gasteiger partial charge in [-0.25, -0.2) is 9.69 Å². The van der Waals surface area contributed by atoms with E-state index < -0.39 is 6.09 Å². The third-order valence-corrected chi connectivity index (χ3v) is 3.54. The predicted molar refractivity (Wildman–Crippen MR) is 64.2 cm³/mol. The molecule has 2 saturated heterocycles. The van der Waals surface area contributed by atoms with Crippen LogP contribution >= 0.6 is 0 Å². The lowest BCUT2D eigenvalue weighted by Crippen LogP contribution is -2.44. The second kappa shape index (κ2) is 6.01. The second-order valence-electron chi connectivity index (χ2n) is 4.73. The van der Waals surface area contributed by atoms with Crippen molar-refractivity contribution in [3.8, 4) is 0 Å². The highest BCUT2D eigenvalue weighted by Crippen LogP contribution is 2.18. The molecule has 7 heteroatoms. The Kier molecular flexibility index (Phi) is 4.36. The highest BCUT2D eigenvalue weighted by molar-refractivity contribution is 5.94. The van der Waals surface area contributed by atoms with Crippen LogP contribution in [0.1, 0.15) is 12.8 Å². The average Bonchev–Trinajstić information content (AvgIpc) is 2.85. The first kappa shape index (κ1) is 13.8. The highest BCUT2D eigenvalue weighted by atomic mass is 16.6. The highest BCUT2D eigenvalue weighted by Gasteiger charge is 2.31. The first-order chi connectivity index (χ1) is 9.11. The zero-order chi connectivity index (χ0) is 13.8. The maximum absolute atomic E-state index is 11.9. The summed E-state index contributed by atoms with van der Waals surface area (Å²) in [5, 5.41) is 0. The van der Waals surface area contributed by atoms with Crippen molar-refractivity contribution in [3.05, 3.63) is 0 Å². The summed E-state index contributed by atoms with van der Waals surface area (Å²) in [5.41, 5.74) is 0. The maximum Gasteiger partial charge on any atom is 0.416 e. The lowest BCUT2D eigenvalue weighted by molar-refractivity contribution is -0.147. The van der Waals surface area contributed by atoms with E-state index in [1.54, 1.807) is 0 Å². The van der Waals surface area contributed by atoms with E-state index in [1.165, 1.54) is 7.11 Å². The average molecular weight is 270 g/mol. The molecule has 0 spiro atoms. The number of piperidine rings is 1. The summed E-state index contributed by atoms with van der Waals surface area (Å²) in [6, 6.07) is 0. The Morgan fingerprint density at radius 3 is 2.53 bits per heavy atom. The molecule has 0 aliphatic carbocycles. The summed E-state index contributed by atoms with van der Waals surface area (Å²) >= 11 is 0. The fourth-order valence-corrected chi connectivity index (χ4v) is 2.39. The van der Waals surface area contributed by atoms with Crippen LogP contribution < -0.4 is 0 Å². The van der Waals surface area contributed by atoms with Gasteiger partial charge in [-0.15, -0.1) is 0 Å². The zero-order valence-electron chi connectivity index (χ0n) is 11.0. The molecule has 0 radical (unpaired) electrons. The molecule has 2 aliphatic heterocycles. The first-order valence-electron chi connectivity index (χ1n) is 6.39. The maximum atomic E-state index is 11.9. The Morgan fingerprint density at radius 2 is 2.00 bits per heavy atom. The number of rotatable bonds is 3. The van der Waals surface area contributed by atoms with Crippen LogP contribution in [-0.2, 0) is 19.1 Å². The van der Waals surface area contributed by atoms with E-state index in [0.29, 0.717) is 32.5 Å². The largest absolute Gasteiger partial charge is 0.469 e. The molecular formula is C12H18N2O5. The number of esters is 1. The molecular weight excluding hydrogens is 252 g/mol. The molecule has 2 amide bonds. The van der Waals surface area contributed by atoms with E-state index in [9.17, 15) is 14.4 Å². The zero-order valence-corrected chi connectivity index (χ0v) is 11.0. The molecule has 0 N–H and O–H groups in total. The summed E-state index contributed by atoms with van der Waals surface area (Å²) in [4.78, 5) is 37.6. The number of cyclic esters (lactones) is 1. The smallest absolute Gasteiger partial charge is 0.416 e. The second-order valence-corrected chi connectivity index (χ2v) is 4.73. The molecule has 0 aromatic carbocycles. The predicted octanol–water partition coefficient (Wildman–Crippen LogP) is -0.150. The van der Waals surface area contributed by atoms with Gasteiger partial charge in [-0.3, -0.25) is 14.5 Å². The number of hydrogen-bond acceptors (Lipinski definition) is 6. The van der Waals surface area contributed by atoms with E-state index in [4.69, 9.17) is 9.47 Å². The van der Waals surface area contributed by atoms with Crippen LogP contribution in [-0.4, -0.2) is 67.7 Å². The lowest BCUT2D eigenvalue weighted by Gasteiger charge is -2.30. The van der Waals surface area contributed by atoms with Crippen molar-refractivity contribution in [2.24, 2.45) is 5.92 Å². The summed E-state index contributed by atoms with van der Waals surface area (Å²) < 4.78 is 9.43. The Bertz CT molecular complexity index is 376. The van der Waals surface area contributed by atoms with Gasteiger partial charge in [0, 0.05) is 0 Å². The van der Waals surface area contributed by atoms with Gasteiger partial charge in [-0.2, -0.15) is 0 Å². The molecule has 0 unspecified atom stereocenters. The fraction of sp³-hybridized carbons (Fsp3) is 0.750. The first-order valence-corrected chi connectivity index (χ1v) is 6.39. The van der Waals surface area contributed by atoms with Crippen LogP contribution in [0.3, 0.4) is 0 Å². The molecule has 2 heterocycles. The molecule has 19 heavy (non-hydrogen) atoms. The van der Waals surface area contributed by atoms with Gasteiger partial charge in [-0.05, 0) is 25.9 Å². The molecule has 2 rings (SSSR count). The van der Waals surface area contributed by atoms with Crippen LogP contribution in [0.15, 0.2) is 0 Å². The lowest BCUT2D eigenvalue weighted by atomic mass is 9.97. The monoisotopic (exact) mass is 270 g/mol. The number of ether oxygens (including phenoxy) is 2. The molecule has 0 saturated carbocycles. The van der Waals surface area contributed by atoms with Gasteiger partial charge < -0.3 is 9.47 Å². The van der Waals surface area contributed by atoms with Crippen LogP contribution in [0.25, 0.3) is 0 Å². The van der Waals surface area contributed by atoms with Crippen molar-refractivity contribution >= 4 is 18.0 Å². The van der Waals surface area contributed by atoms with Crippen LogP contribution in [0.5, 0.6) is 0 Å². The van der Waals surface area contributed by atoms with Gasteiger partial charge in [0.15, 0.2) is 0 Å². The topological polar surface area (TPSA) is 76.2 Å². The van der Waals surface area contributed by atoms with Crippen LogP contribution in [0.2, 0.25) is 0 Å². The Balaban J connectivity index is 1.78. The SMILES string of the molecule is COC(=O)C1CCN(CC(=O)N2CCOC2=O)CC1. The van der Waals surface area contributed by atoms with Crippen molar-refractivity contribution in [1.82, 2.24) is 9.80 Å². The van der Waals surface area contributed by atoms with Crippen molar-refractivity contribution in [3.63, 3.8) is 0 Å². The van der Waals surface area contributed by atoms with E-state index in [2.05, 4.69) is 0 Å². The van der Waals surface area contributed by atoms with Gasteiger partial charge in [0.05, 0.1) is 26.1 Å². The Hall–Kier alpha value is -1.63. The number of carbonyl (C=O) groups is 3. The number of carbonyl (C=O) groups excluding carboxylic acids is 3. The Labute approximate surface area is 111 Å². The molecule has 0 atom stereocenters. The minimum absolute atomic E-state index is 0.0758. The summed E-state index contributed by atoms with van der Waals surface area (Å²) in [5.74, 6) is -0.499. The third-order valence-electron chi connectivity index (χ3n) is 3.54. The number of nitrogens with zero attached hydrogens (tertiary/aromatic N) is 2. The minimum atomic E-state index is -0.561. The Morgan fingerprint density at radius 1 is 1.32 bits per heavy atom. The molecule has 106 valence electrons. The van der Waals surface area contributed by atoms with Crippen molar-refractivity contribution in [2.75, 3.05) is 39.9 Å². The third kappa shape index (κ3) is 3.23. The summed E-state index contributed by atoms with van der Waals surface area (Å²) in [7, 11) is 1.39. The van der Waals surface area contributed by atoms with Crippen LogP contribution in [0.4, 0.5) is 4.79 Å². The van der Waals surface area contributed by atoms with Crippen molar-refractivity contribution in [1.29, 1.82) is 0 Å². The van der Waals surface area contributed by atoms with E-state index in [-0.39, 0.29) is 30.9 Å². The van der Waals surface area contributed by atoms with Gasteiger partial charge in [0.25, 0.3) is 0 Å². The van der Waals surface area contributed by atoms with E-state index >= 15 is 0 Å². The molecule has 0 aromatic heterocycles. The number of imide groups is 1. The number of hydrogen-bond donors (Lipinski definition) is 0. The van der Waals surface area contributed by atoms with Gasteiger partial charge in [0.1, 0.15) is 6.61 Å². The van der Waals surface area contributed by atoms with E-state index in [1.807, 2.05) is 4.90 Å².